The van der Waals surface area contributed by atoms with E-state index in [0.717, 1.165) is 18.8 Å². The molecule has 5 nitrogen and oxygen atoms in total. The second-order valence-corrected chi connectivity index (χ2v) is 6.84. The largest absolute Gasteiger partial charge is 0.323 e. The first kappa shape index (κ1) is 16.7. The lowest BCUT2D eigenvalue weighted by Crippen LogP contribution is -2.51. The standard InChI is InChI=1S/C18H21N3O2S/c1-3-20(11-14-7-6-10-24-14)13(2)18(23)21-12-17(22)19-15-8-4-5-9-16(15)21/h4-10,13H,3,11-12H2,1-2H3,(H,19,22)/t13-/m1/s1. The number of hydrogen-bond donors (Lipinski definition) is 1. The number of para-hydroxylation sites is 2. The van der Waals surface area contributed by atoms with Crippen LogP contribution in [-0.4, -0.2) is 35.8 Å². The first-order valence-corrected chi connectivity index (χ1v) is 8.94. The predicted molar refractivity (Wildman–Crippen MR) is 97.3 cm³/mol. The number of benzene rings is 1. The van der Waals surface area contributed by atoms with Gasteiger partial charge >= 0.3 is 0 Å². The molecule has 1 aromatic heterocycles. The van der Waals surface area contributed by atoms with E-state index in [2.05, 4.69) is 16.3 Å². The Morgan fingerprint density at radius 1 is 1.33 bits per heavy atom. The molecular formula is C18H21N3O2S. The number of amides is 2. The smallest absolute Gasteiger partial charge is 0.244 e. The first-order valence-electron chi connectivity index (χ1n) is 8.07. The monoisotopic (exact) mass is 343 g/mol. The summed E-state index contributed by atoms with van der Waals surface area (Å²) < 4.78 is 0. The van der Waals surface area contributed by atoms with E-state index < -0.39 is 0 Å². The Kier molecular flexibility index (Phi) is 4.97. The van der Waals surface area contributed by atoms with E-state index in [4.69, 9.17) is 0 Å². The van der Waals surface area contributed by atoms with Gasteiger partial charge in [-0.25, -0.2) is 0 Å². The van der Waals surface area contributed by atoms with Gasteiger partial charge in [0, 0.05) is 11.4 Å². The van der Waals surface area contributed by atoms with Gasteiger partial charge in [0.1, 0.15) is 6.54 Å². The number of fused-ring (bicyclic) bond motifs is 1. The fraction of sp³-hybridized carbons (Fsp3) is 0.333. The van der Waals surface area contributed by atoms with Crippen LogP contribution in [0.4, 0.5) is 11.4 Å². The molecule has 2 amide bonds. The van der Waals surface area contributed by atoms with Crippen LogP contribution < -0.4 is 10.2 Å². The van der Waals surface area contributed by atoms with Crippen LogP contribution in [0.25, 0.3) is 0 Å². The zero-order valence-corrected chi connectivity index (χ0v) is 14.7. The number of thiophene rings is 1. The third-order valence-electron chi connectivity index (χ3n) is 4.29. The molecule has 0 radical (unpaired) electrons. The summed E-state index contributed by atoms with van der Waals surface area (Å²) in [7, 11) is 0. The maximum absolute atomic E-state index is 13.0. The molecular weight excluding hydrogens is 322 g/mol. The molecule has 1 atom stereocenters. The zero-order valence-electron chi connectivity index (χ0n) is 13.9. The minimum atomic E-state index is -0.295. The van der Waals surface area contributed by atoms with E-state index >= 15 is 0 Å². The maximum Gasteiger partial charge on any atom is 0.244 e. The fourth-order valence-corrected chi connectivity index (χ4v) is 3.67. The Bertz CT molecular complexity index is 730. The molecule has 126 valence electrons. The number of nitrogens with one attached hydrogen (secondary N) is 1. The SMILES string of the molecule is CCN(Cc1cccs1)[C@H](C)C(=O)N1CC(=O)Nc2ccccc21. The van der Waals surface area contributed by atoms with Crippen molar-refractivity contribution in [3.63, 3.8) is 0 Å². The van der Waals surface area contributed by atoms with E-state index in [0.29, 0.717) is 5.69 Å². The molecule has 0 saturated heterocycles. The van der Waals surface area contributed by atoms with Crippen LogP contribution in [0, 0.1) is 0 Å². The Labute approximate surface area is 145 Å². The predicted octanol–water partition coefficient (Wildman–Crippen LogP) is 2.94. The van der Waals surface area contributed by atoms with Crippen molar-refractivity contribution in [3.8, 4) is 0 Å². The van der Waals surface area contributed by atoms with Gasteiger partial charge in [0.2, 0.25) is 11.8 Å². The van der Waals surface area contributed by atoms with E-state index in [9.17, 15) is 9.59 Å². The number of carbonyl (C=O) groups excluding carboxylic acids is 2. The van der Waals surface area contributed by atoms with Gasteiger partial charge in [-0.3, -0.25) is 19.4 Å². The minimum absolute atomic E-state index is 0.0456. The van der Waals surface area contributed by atoms with Crippen molar-refractivity contribution in [2.24, 2.45) is 0 Å². The third kappa shape index (κ3) is 3.34. The molecule has 1 aliphatic rings. The van der Waals surface area contributed by atoms with E-state index in [1.807, 2.05) is 49.6 Å². The molecule has 0 spiro atoms. The highest BCUT2D eigenvalue weighted by Gasteiger charge is 2.31. The number of carbonyl (C=O) groups is 2. The highest BCUT2D eigenvalue weighted by atomic mass is 32.1. The van der Waals surface area contributed by atoms with Gasteiger partial charge in [-0.05, 0) is 37.0 Å². The van der Waals surface area contributed by atoms with Crippen molar-refractivity contribution in [3.05, 3.63) is 46.7 Å². The van der Waals surface area contributed by atoms with Crippen molar-refractivity contribution in [2.45, 2.75) is 26.4 Å². The van der Waals surface area contributed by atoms with Crippen molar-refractivity contribution in [2.75, 3.05) is 23.3 Å². The maximum atomic E-state index is 13.0. The average Bonchev–Trinajstić information content (AvgIpc) is 3.10. The molecule has 0 fully saturated rings. The number of hydrogen-bond acceptors (Lipinski definition) is 4. The van der Waals surface area contributed by atoms with E-state index in [1.165, 1.54) is 4.88 Å². The lowest BCUT2D eigenvalue weighted by atomic mass is 10.1. The second kappa shape index (κ2) is 7.15. The minimum Gasteiger partial charge on any atom is -0.323 e. The van der Waals surface area contributed by atoms with Crippen molar-refractivity contribution in [1.29, 1.82) is 0 Å². The Morgan fingerprint density at radius 3 is 2.83 bits per heavy atom. The van der Waals surface area contributed by atoms with Gasteiger partial charge in [-0.15, -0.1) is 11.3 Å². The van der Waals surface area contributed by atoms with Gasteiger partial charge in [0.15, 0.2) is 0 Å². The molecule has 3 rings (SSSR count). The van der Waals surface area contributed by atoms with Gasteiger partial charge in [0.25, 0.3) is 0 Å². The summed E-state index contributed by atoms with van der Waals surface area (Å²) in [5.74, 6) is -0.203. The van der Waals surface area contributed by atoms with Crippen LogP contribution in [-0.2, 0) is 16.1 Å². The second-order valence-electron chi connectivity index (χ2n) is 5.81. The van der Waals surface area contributed by atoms with Gasteiger partial charge in [0.05, 0.1) is 17.4 Å². The summed E-state index contributed by atoms with van der Waals surface area (Å²) in [6, 6.07) is 11.2. The summed E-state index contributed by atoms with van der Waals surface area (Å²) in [5, 5.41) is 4.86. The highest BCUT2D eigenvalue weighted by molar-refractivity contribution is 7.09. The van der Waals surface area contributed by atoms with Crippen molar-refractivity contribution >= 4 is 34.5 Å². The molecule has 24 heavy (non-hydrogen) atoms. The zero-order chi connectivity index (χ0) is 17.1. The van der Waals surface area contributed by atoms with Crippen LogP contribution in [0.1, 0.15) is 18.7 Å². The van der Waals surface area contributed by atoms with Crippen LogP contribution in [0.15, 0.2) is 41.8 Å². The normalized spacial score (nSPS) is 15.1. The Morgan fingerprint density at radius 2 is 2.12 bits per heavy atom. The summed E-state index contributed by atoms with van der Waals surface area (Å²) >= 11 is 1.69. The molecule has 0 saturated carbocycles. The lowest BCUT2D eigenvalue weighted by Gasteiger charge is -2.34. The third-order valence-corrected chi connectivity index (χ3v) is 5.15. The van der Waals surface area contributed by atoms with E-state index in [-0.39, 0.29) is 24.4 Å². The fourth-order valence-electron chi connectivity index (χ4n) is 2.94. The number of nitrogens with zero attached hydrogens (tertiary/aromatic N) is 2. The van der Waals surface area contributed by atoms with Crippen LogP contribution in [0.2, 0.25) is 0 Å². The molecule has 6 heteroatoms. The summed E-state index contributed by atoms with van der Waals surface area (Å²) in [6.45, 7) is 5.54. The molecule has 1 aromatic carbocycles. The summed E-state index contributed by atoms with van der Waals surface area (Å²) in [5.41, 5.74) is 1.46. The molecule has 2 heterocycles. The van der Waals surface area contributed by atoms with E-state index in [1.54, 1.807) is 16.2 Å². The molecule has 0 unspecified atom stereocenters. The highest BCUT2D eigenvalue weighted by Crippen LogP contribution is 2.30. The van der Waals surface area contributed by atoms with Crippen molar-refractivity contribution < 1.29 is 9.59 Å². The molecule has 1 N–H and O–H groups in total. The topological polar surface area (TPSA) is 52.7 Å². The lowest BCUT2D eigenvalue weighted by molar-refractivity contribution is -0.125. The number of likely N-dealkylation sites (N-methyl/N-ethyl adjacent to an activating group) is 1. The molecule has 0 aliphatic carbocycles. The summed E-state index contributed by atoms with van der Waals surface area (Å²) in [4.78, 5) is 29.9. The Hall–Kier alpha value is -2.18. The molecule has 0 bridgehead atoms. The van der Waals surface area contributed by atoms with Gasteiger partial charge in [-0.1, -0.05) is 25.1 Å². The van der Waals surface area contributed by atoms with Crippen molar-refractivity contribution in [1.82, 2.24) is 4.90 Å². The van der Waals surface area contributed by atoms with Crippen LogP contribution in [0.5, 0.6) is 0 Å². The van der Waals surface area contributed by atoms with Crippen LogP contribution in [0.3, 0.4) is 0 Å². The summed E-state index contributed by atoms with van der Waals surface area (Å²) in [6.07, 6.45) is 0. The quantitative estimate of drug-likeness (QED) is 0.908. The molecule has 1 aliphatic heterocycles. The number of rotatable bonds is 5. The first-order chi connectivity index (χ1) is 11.6. The average molecular weight is 343 g/mol. The number of anilines is 2. The van der Waals surface area contributed by atoms with Gasteiger partial charge < -0.3 is 5.32 Å². The van der Waals surface area contributed by atoms with Crippen LogP contribution >= 0.6 is 11.3 Å². The molecule has 2 aromatic rings. The van der Waals surface area contributed by atoms with Gasteiger partial charge in [-0.2, -0.15) is 0 Å². The Balaban J connectivity index is 1.81.